The van der Waals surface area contributed by atoms with Gasteiger partial charge in [-0.3, -0.25) is 4.90 Å². The molecule has 6 heteroatoms. The van der Waals surface area contributed by atoms with E-state index in [2.05, 4.69) is 57.3 Å². The van der Waals surface area contributed by atoms with Gasteiger partial charge in [0.05, 0.1) is 20.5 Å². The average Bonchev–Trinajstić information content (AvgIpc) is 2.99. The Balaban J connectivity index is 2.17. The lowest BCUT2D eigenvalue weighted by Gasteiger charge is -2.31. The topological polar surface area (TPSA) is 42.1 Å². The molecule has 0 aliphatic heterocycles. The third kappa shape index (κ3) is 3.89. The summed E-state index contributed by atoms with van der Waals surface area (Å²) < 4.78 is 1.15. The van der Waals surface area contributed by atoms with Gasteiger partial charge in [0.25, 0.3) is 0 Å². The first-order valence-electron chi connectivity index (χ1n) is 6.63. The highest BCUT2D eigenvalue weighted by atomic mass is 79.9. The van der Waals surface area contributed by atoms with Crippen molar-refractivity contribution in [2.24, 2.45) is 5.73 Å². The van der Waals surface area contributed by atoms with Gasteiger partial charge >= 0.3 is 0 Å². The van der Waals surface area contributed by atoms with E-state index in [9.17, 15) is 0 Å². The zero-order valence-corrected chi connectivity index (χ0v) is 15.2. The molecule has 0 saturated carbocycles. The molecular weight excluding hydrogens is 354 g/mol. The van der Waals surface area contributed by atoms with E-state index in [4.69, 9.17) is 5.73 Å². The summed E-state index contributed by atoms with van der Waals surface area (Å²) in [7, 11) is 2.13. The van der Waals surface area contributed by atoms with E-state index < -0.39 is 0 Å². The molecule has 20 heavy (non-hydrogen) atoms. The van der Waals surface area contributed by atoms with Crippen molar-refractivity contribution in [3.8, 4) is 0 Å². The maximum atomic E-state index is 6.35. The van der Waals surface area contributed by atoms with E-state index in [0.717, 1.165) is 27.5 Å². The Morgan fingerprint density at radius 3 is 2.70 bits per heavy atom. The van der Waals surface area contributed by atoms with E-state index in [1.807, 2.05) is 6.92 Å². The number of hydrogen-bond donors (Lipinski definition) is 1. The molecule has 2 rings (SSSR count). The molecule has 2 unspecified atom stereocenters. The summed E-state index contributed by atoms with van der Waals surface area (Å²) in [6.45, 7) is 5.01. The molecule has 2 N–H and O–H groups in total. The first-order valence-corrected chi connectivity index (χ1v) is 9.12. The molecule has 0 aromatic carbocycles. The van der Waals surface area contributed by atoms with Crippen LogP contribution in [-0.4, -0.2) is 23.0 Å². The third-order valence-electron chi connectivity index (χ3n) is 3.32. The molecule has 0 radical (unpaired) electrons. The summed E-state index contributed by atoms with van der Waals surface area (Å²) in [6.07, 6.45) is 0.959. The molecule has 2 heterocycles. The predicted molar refractivity (Wildman–Crippen MR) is 91.3 cm³/mol. The van der Waals surface area contributed by atoms with Crippen molar-refractivity contribution in [1.82, 2.24) is 9.88 Å². The van der Waals surface area contributed by atoms with E-state index >= 15 is 0 Å². The molecule has 110 valence electrons. The Morgan fingerprint density at radius 2 is 2.20 bits per heavy atom. The second-order valence-corrected chi connectivity index (χ2v) is 8.49. The number of thiophene rings is 1. The smallest absolute Gasteiger partial charge is 0.0897 e. The fraction of sp³-hybridized carbons (Fsp3) is 0.500. The summed E-state index contributed by atoms with van der Waals surface area (Å²) in [5, 5.41) is 3.24. The Bertz CT molecular complexity index is 552. The van der Waals surface area contributed by atoms with Crippen molar-refractivity contribution in [3.63, 3.8) is 0 Å². The fourth-order valence-corrected chi connectivity index (χ4v) is 4.57. The highest BCUT2D eigenvalue weighted by Crippen LogP contribution is 2.33. The van der Waals surface area contributed by atoms with Gasteiger partial charge in [0.15, 0.2) is 0 Å². The van der Waals surface area contributed by atoms with Crippen molar-refractivity contribution >= 4 is 38.6 Å². The maximum absolute atomic E-state index is 6.35. The second-order valence-electron chi connectivity index (χ2n) is 4.93. The Labute approximate surface area is 137 Å². The van der Waals surface area contributed by atoms with E-state index in [-0.39, 0.29) is 12.1 Å². The molecule has 0 saturated heterocycles. The van der Waals surface area contributed by atoms with Crippen LogP contribution < -0.4 is 5.73 Å². The van der Waals surface area contributed by atoms with Crippen molar-refractivity contribution in [1.29, 1.82) is 0 Å². The second kappa shape index (κ2) is 7.13. The third-order valence-corrected chi connectivity index (χ3v) is 5.83. The van der Waals surface area contributed by atoms with Gasteiger partial charge in [-0.05, 0) is 48.5 Å². The molecule has 0 fully saturated rings. The summed E-state index contributed by atoms with van der Waals surface area (Å²) in [6, 6.07) is 4.62. The Morgan fingerprint density at radius 1 is 1.45 bits per heavy atom. The van der Waals surface area contributed by atoms with E-state index in [1.54, 1.807) is 22.7 Å². The number of hydrogen-bond acceptors (Lipinski definition) is 5. The molecule has 2 aromatic rings. The fourth-order valence-electron chi connectivity index (χ4n) is 2.30. The first kappa shape index (κ1) is 16.1. The number of halogens is 1. The predicted octanol–water partition coefficient (Wildman–Crippen LogP) is 4.19. The van der Waals surface area contributed by atoms with Crippen LogP contribution in [-0.2, 0) is 6.54 Å². The molecule has 2 aromatic heterocycles. The normalized spacial score (nSPS) is 14.7. The lowest BCUT2D eigenvalue weighted by atomic mass is 10.0. The monoisotopic (exact) mass is 373 g/mol. The number of likely N-dealkylation sites (N-methyl/N-ethyl adjacent to an activating group) is 1. The number of aromatic nitrogens is 1. The molecule has 0 bridgehead atoms. The summed E-state index contributed by atoms with van der Waals surface area (Å²) in [4.78, 5) is 8.16. The van der Waals surface area contributed by atoms with Gasteiger partial charge in [0, 0.05) is 22.8 Å². The van der Waals surface area contributed by atoms with Gasteiger partial charge < -0.3 is 5.73 Å². The molecule has 3 nitrogen and oxygen atoms in total. The van der Waals surface area contributed by atoms with Crippen molar-refractivity contribution in [2.45, 2.75) is 38.9 Å². The van der Waals surface area contributed by atoms with E-state index in [0.29, 0.717) is 0 Å². The lowest BCUT2D eigenvalue weighted by molar-refractivity contribution is 0.203. The van der Waals surface area contributed by atoms with Crippen LogP contribution in [0.5, 0.6) is 0 Å². The maximum Gasteiger partial charge on any atom is 0.0897 e. The molecule has 0 aliphatic carbocycles. The summed E-state index contributed by atoms with van der Waals surface area (Å²) >= 11 is 7.00. The number of aryl methyl sites for hydroxylation is 1. The van der Waals surface area contributed by atoms with Crippen LogP contribution in [0, 0.1) is 6.92 Å². The first-order chi connectivity index (χ1) is 9.51. The van der Waals surface area contributed by atoms with Crippen LogP contribution in [0.1, 0.15) is 35.0 Å². The van der Waals surface area contributed by atoms with Gasteiger partial charge in [-0.15, -0.1) is 22.7 Å². The standard InChI is InChI=1S/C14H20BrN3S2/c1-4-11(16)14(12-5-6-13(15)20-12)18(3)7-10-8-19-9(2)17-10/h5-6,8,11,14H,4,7,16H2,1-3H3. The number of thiazole rings is 1. The van der Waals surface area contributed by atoms with Crippen LogP contribution in [0.15, 0.2) is 21.3 Å². The molecule has 0 amide bonds. The number of nitrogens with two attached hydrogens (primary N) is 1. The van der Waals surface area contributed by atoms with Crippen molar-refractivity contribution < 1.29 is 0 Å². The minimum Gasteiger partial charge on any atom is -0.326 e. The van der Waals surface area contributed by atoms with Gasteiger partial charge in [0.1, 0.15) is 0 Å². The zero-order valence-electron chi connectivity index (χ0n) is 12.0. The average molecular weight is 374 g/mol. The van der Waals surface area contributed by atoms with Crippen LogP contribution >= 0.6 is 38.6 Å². The quantitative estimate of drug-likeness (QED) is 0.825. The Kier molecular flexibility index (Phi) is 5.74. The summed E-state index contributed by atoms with van der Waals surface area (Å²) in [5.41, 5.74) is 7.47. The highest BCUT2D eigenvalue weighted by Gasteiger charge is 2.25. The lowest BCUT2D eigenvalue weighted by Crippen LogP contribution is -2.38. The SMILES string of the molecule is CCC(N)C(c1ccc(Br)s1)N(C)Cc1csc(C)n1. The van der Waals surface area contributed by atoms with Gasteiger partial charge in [0.2, 0.25) is 0 Å². The van der Waals surface area contributed by atoms with Crippen LogP contribution in [0.2, 0.25) is 0 Å². The molecule has 0 aliphatic rings. The molecular formula is C14H20BrN3S2. The minimum atomic E-state index is 0.130. The zero-order chi connectivity index (χ0) is 14.7. The highest BCUT2D eigenvalue weighted by molar-refractivity contribution is 9.11. The largest absolute Gasteiger partial charge is 0.326 e. The van der Waals surface area contributed by atoms with Gasteiger partial charge in [-0.25, -0.2) is 4.98 Å². The van der Waals surface area contributed by atoms with E-state index in [1.165, 1.54) is 4.88 Å². The Hall–Kier alpha value is -0.270. The van der Waals surface area contributed by atoms with Crippen molar-refractivity contribution in [2.75, 3.05) is 7.05 Å². The van der Waals surface area contributed by atoms with Crippen LogP contribution in [0.3, 0.4) is 0 Å². The van der Waals surface area contributed by atoms with Gasteiger partial charge in [-0.2, -0.15) is 0 Å². The van der Waals surface area contributed by atoms with Crippen molar-refractivity contribution in [3.05, 3.63) is 36.9 Å². The van der Waals surface area contributed by atoms with Crippen LogP contribution in [0.4, 0.5) is 0 Å². The molecule has 2 atom stereocenters. The minimum absolute atomic E-state index is 0.130. The summed E-state index contributed by atoms with van der Waals surface area (Å²) in [5.74, 6) is 0. The number of rotatable bonds is 6. The molecule has 0 spiro atoms. The van der Waals surface area contributed by atoms with Crippen LogP contribution in [0.25, 0.3) is 0 Å². The number of nitrogens with zero attached hydrogens (tertiary/aromatic N) is 2. The van der Waals surface area contributed by atoms with Gasteiger partial charge in [-0.1, -0.05) is 6.92 Å².